The molecule has 1 aromatic heterocycles. The minimum atomic E-state index is 0.477. The lowest BCUT2D eigenvalue weighted by molar-refractivity contribution is 1.16. The number of rotatable bonds is 4. The summed E-state index contributed by atoms with van der Waals surface area (Å²) in [6, 6.07) is 7.70. The highest BCUT2D eigenvalue weighted by Crippen LogP contribution is 2.33. The smallest absolute Gasteiger partial charge is 0.151 e. The normalized spacial score (nSPS) is 10.4. The van der Waals surface area contributed by atoms with E-state index in [1.54, 1.807) is 6.07 Å². The van der Waals surface area contributed by atoms with Crippen LogP contribution in [-0.2, 0) is 0 Å². The van der Waals surface area contributed by atoms with Gasteiger partial charge in [-0.25, -0.2) is 4.98 Å². The SMILES string of the molecule is CCNc1nc(Nc2cc(C)ccc2Br)c(Cl)cc1Cl. The molecule has 2 rings (SSSR count). The number of pyridine rings is 1. The summed E-state index contributed by atoms with van der Waals surface area (Å²) in [6.45, 7) is 4.75. The molecule has 0 saturated heterocycles. The fourth-order valence-corrected chi connectivity index (χ4v) is 2.53. The van der Waals surface area contributed by atoms with Crippen molar-refractivity contribution in [3.63, 3.8) is 0 Å². The second-order valence-electron chi connectivity index (χ2n) is 4.29. The molecular formula is C14H14BrCl2N3. The maximum atomic E-state index is 6.19. The molecule has 106 valence electrons. The Morgan fingerprint density at radius 3 is 2.55 bits per heavy atom. The monoisotopic (exact) mass is 373 g/mol. The maximum Gasteiger partial charge on any atom is 0.151 e. The Morgan fingerprint density at radius 2 is 1.85 bits per heavy atom. The van der Waals surface area contributed by atoms with E-state index >= 15 is 0 Å². The summed E-state index contributed by atoms with van der Waals surface area (Å²) in [6.07, 6.45) is 0. The Hall–Kier alpha value is -0.970. The van der Waals surface area contributed by atoms with Crippen molar-refractivity contribution in [1.82, 2.24) is 4.98 Å². The minimum absolute atomic E-state index is 0.477. The highest BCUT2D eigenvalue weighted by atomic mass is 79.9. The fraction of sp³-hybridized carbons (Fsp3) is 0.214. The molecule has 0 aliphatic heterocycles. The molecule has 0 saturated carbocycles. The van der Waals surface area contributed by atoms with Gasteiger partial charge in [-0.05, 0) is 53.5 Å². The lowest BCUT2D eigenvalue weighted by atomic mass is 10.2. The Bertz CT molecular complexity index is 632. The molecule has 2 N–H and O–H groups in total. The topological polar surface area (TPSA) is 37.0 Å². The third-order valence-electron chi connectivity index (χ3n) is 2.65. The minimum Gasteiger partial charge on any atom is -0.369 e. The van der Waals surface area contributed by atoms with Crippen molar-refractivity contribution in [1.29, 1.82) is 0 Å². The summed E-state index contributed by atoms with van der Waals surface area (Å²) in [4.78, 5) is 4.42. The number of benzene rings is 1. The molecular weight excluding hydrogens is 361 g/mol. The number of aromatic nitrogens is 1. The molecule has 20 heavy (non-hydrogen) atoms. The highest BCUT2D eigenvalue weighted by molar-refractivity contribution is 9.10. The van der Waals surface area contributed by atoms with E-state index in [2.05, 4.69) is 31.5 Å². The van der Waals surface area contributed by atoms with Gasteiger partial charge in [0.1, 0.15) is 5.82 Å². The van der Waals surface area contributed by atoms with Gasteiger partial charge < -0.3 is 10.6 Å². The van der Waals surface area contributed by atoms with Crippen molar-refractivity contribution in [3.05, 3.63) is 44.3 Å². The van der Waals surface area contributed by atoms with E-state index in [4.69, 9.17) is 23.2 Å². The van der Waals surface area contributed by atoms with Crippen molar-refractivity contribution in [3.8, 4) is 0 Å². The summed E-state index contributed by atoms with van der Waals surface area (Å²) in [5.41, 5.74) is 2.05. The Kier molecular flexibility index (Phi) is 5.13. The summed E-state index contributed by atoms with van der Waals surface area (Å²) < 4.78 is 0.945. The molecule has 0 aliphatic rings. The molecule has 0 spiro atoms. The van der Waals surface area contributed by atoms with Crippen molar-refractivity contribution in [2.75, 3.05) is 17.2 Å². The number of aryl methyl sites for hydroxylation is 1. The fourth-order valence-electron chi connectivity index (χ4n) is 1.71. The van der Waals surface area contributed by atoms with E-state index in [9.17, 15) is 0 Å². The lowest BCUT2D eigenvalue weighted by Gasteiger charge is -2.13. The molecule has 0 aliphatic carbocycles. The maximum absolute atomic E-state index is 6.19. The average Bonchev–Trinajstić information content (AvgIpc) is 2.39. The average molecular weight is 375 g/mol. The van der Waals surface area contributed by atoms with Gasteiger partial charge in [0.25, 0.3) is 0 Å². The van der Waals surface area contributed by atoms with Crippen LogP contribution >= 0.6 is 39.1 Å². The molecule has 0 atom stereocenters. The number of hydrogen-bond donors (Lipinski definition) is 2. The molecule has 0 fully saturated rings. The van der Waals surface area contributed by atoms with Crippen LogP contribution in [0.25, 0.3) is 0 Å². The van der Waals surface area contributed by atoms with Crippen LogP contribution in [0.15, 0.2) is 28.7 Å². The molecule has 0 unspecified atom stereocenters. The zero-order valence-corrected chi connectivity index (χ0v) is 14.2. The molecule has 1 heterocycles. The van der Waals surface area contributed by atoms with Gasteiger partial charge >= 0.3 is 0 Å². The zero-order valence-electron chi connectivity index (χ0n) is 11.1. The summed E-state index contributed by atoms with van der Waals surface area (Å²) in [5.74, 6) is 1.18. The van der Waals surface area contributed by atoms with Crippen LogP contribution in [0.3, 0.4) is 0 Å². The third kappa shape index (κ3) is 3.57. The summed E-state index contributed by atoms with van der Waals surface area (Å²) in [7, 11) is 0. The molecule has 2 aromatic rings. The molecule has 6 heteroatoms. The van der Waals surface area contributed by atoms with E-state index in [0.717, 1.165) is 22.3 Å². The van der Waals surface area contributed by atoms with Gasteiger partial charge in [0.15, 0.2) is 5.82 Å². The van der Waals surface area contributed by atoms with Crippen LogP contribution in [0.4, 0.5) is 17.3 Å². The van der Waals surface area contributed by atoms with Gasteiger partial charge in [-0.1, -0.05) is 29.3 Å². The van der Waals surface area contributed by atoms with E-state index < -0.39 is 0 Å². The van der Waals surface area contributed by atoms with Crippen molar-refractivity contribution >= 4 is 56.5 Å². The number of anilines is 3. The first-order valence-electron chi connectivity index (χ1n) is 6.14. The van der Waals surface area contributed by atoms with Crippen LogP contribution in [0.1, 0.15) is 12.5 Å². The van der Waals surface area contributed by atoms with Gasteiger partial charge in [-0.3, -0.25) is 0 Å². The van der Waals surface area contributed by atoms with E-state index in [-0.39, 0.29) is 0 Å². The Balaban J connectivity index is 2.37. The second kappa shape index (κ2) is 6.66. The first-order chi connectivity index (χ1) is 9.51. The predicted molar refractivity (Wildman–Crippen MR) is 90.6 cm³/mol. The standard InChI is InChI=1S/C14H14BrCl2N3/c1-3-18-13-10(16)7-11(17)14(20-13)19-12-6-8(2)4-5-9(12)15/h4-7H,3H2,1-2H3,(H2,18,19,20). The number of nitrogens with zero attached hydrogens (tertiary/aromatic N) is 1. The Morgan fingerprint density at radius 1 is 1.15 bits per heavy atom. The summed E-state index contributed by atoms with van der Waals surface area (Å²) >= 11 is 15.8. The molecule has 3 nitrogen and oxygen atoms in total. The number of halogens is 3. The molecule has 0 amide bonds. The second-order valence-corrected chi connectivity index (χ2v) is 5.96. The van der Waals surface area contributed by atoms with Crippen LogP contribution in [-0.4, -0.2) is 11.5 Å². The van der Waals surface area contributed by atoms with Crippen molar-refractivity contribution in [2.45, 2.75) is 13.8 Å². The van der Waals surface area contributed by atoms with Gasteiger partial charge in [0, 0.05) is 11.0 Å². The van der Waals surface area contributed by atoms with Gasteiger partial charge in [-0.2, -0.15) is 0 Å². The molecule has 0 bridgehead atoms. The van der Waals surface area contributed by atoms with Crippen LogP contribution in [0.5, 0.6) is 0 Å². The summed E-state index contributed by atoms with van der Waals surface area (Å²) in [5, 5.41) is 7.30. The van der Waals surface area contributed by atoms with E-state index in [1.165, 1.54) is 0 Å². The Labute approximate surface area is 136 Å². The first-order valence-corrected chi connectivity index (χ1v) is 7.69. The lowest BCUT2D eigenvalue weighted by Crippen LogP contribution is -2.03. The van der Waals surface area contributed by atoms with E-state index in [0.29, 0.717) is 21.7 Å². The van der Waals surface area contributed by atoms with Gasteiger partial charge in [0.05, 0.1) is 15.7 Å². The van der Waals surface area contributed by atoms with Crippen LogP contribution in [0, 0.1) is 6.92 Å². The predicted octanol–water partition coefficient (Wildman–Crippen LogP) is 5.63. The quantitative estimate of drug-likeness (QED) is 0.727. The van der Waals surface area contributed by atoms with Crippen molar-refractivity contribution < 1.29 is 0 Å². The third-order valence-corrected chi connectivity index (χ3v) is 3.92. The van der Waals surface area contributed by atoms with Crippen LogP contribution < -0.4 is 10.6 Å². The first kappa shape index (κ1) is 15.4. The highest BCUT2D eigenvalue weighted by Gasteiger charge is 2.10. The van der Waals surface area contributed by atoms with Gasteiger partial charge in [-0.15, -0.1) is 0 Å². The molecule has 0 radical (unpaired) electrons. The zero-order chi connectivity index (χ0) is 14.7. The van der Waals surface area contributed by atoms with Crippen molar-refractivity contribution in [2.24, 2.45) is 0 Å². The van der Waals surface area contributed by atoms with E-state index in [1.807, 2.05) is 32.0 Å². The number of nitrogens with one attached hydrogen (secondary N) is 2. The van der Waals surface area contributed by atoms with Gasteiger partial charge in [0.2, 0.25) is 0 Å². The molecule has 1 aromatic carbocycles. The number of hydrogen-bond acceptors (Lipinski definition) is 3. The largest absolute Gasteiger partial charge is 0.369 e. The van der Waals surface area contributed by atoms with Crippen LogP contribution in [0.2, 0.25) is 10.0 Å².